The molecule has 3 nitrogen and oxygen atoms in total. The summed E-state index contributed by atoms with van der Waals surface area (Å²) in [5, 5.41) is 8.40. The molecule has 1 saturated carbocycles. The van der Waals surface area contributed by atoms with Crippen LogP contribution in [-0.4, -0.2) is 30.0 Å². The van der Waals surface area contributed by atoms with E-state index in [-0.39, 0.29) is 12.8 Å². The summed E-state index contributed by atoms with van der Waals surface area (Å²) in [6.07, 6.45) is -6.21. The Labute approximate surface area is 72.5 Å². The Morgan fingerprint density at radius 2 is 1.92 bits per heavy atom. The first-order valence-electron chi connectivity index (χ1n) is 3.81. The third kappa shape index (κ3) is 2.58. The molecule has 0 aromatic heterocycles. The van der Waals surface area contributed by atoms with Gasteiger partial charge in [-0.05, 0) is 12.8 Å². The molecule has 0 aliphatic heterocycles. The predicted molar refractivity (Wildman–Crippen MR) is 36.1 cm³/mol. The van der Waals surface area contributed by atoms with Crippen molar-refractivity contribution in [1.82, 2.24) is 0 Å². The van der Waals surface area contributed by atoms with E-state index in [1.54, 1.807) is 0 Å². The lowest BCUT2D eigenvalue weighted by Gasteiger charge is -2.32. The van der Waals surface area contributed by atoms with Gasteiger partial charge in [-0.15, -0.1) is 0 Å². The van der Waals surface area contributed by atoms with Gasteiger partial charge in [-0.2, -0.15) is 0 Å². The molecule has 1 aliphatic carbocycles. The van der Waals surface area contributed by atoms with E-state index in [9.17, 15) is 18.0 Å². The lowest BCUT2D eigenvalue weighted by molar-refractivity contribution is -0.190. The summed E-state index contributed by atoms with van der Waals surface area (Å²) >= 11 is 0. The summed E-state index contributed by atoms with van der Waals surface area (Å²) in [7, 11) is 0. The van der Waals surface area contributed by atoms with Crippen molar-refractivity contribution < 1.29 is 27.8 Å². The second-order valence-corrected chi connectivity index (χ2v) is 2.95. The second-order valence-electron chi connectivity index (χ2n) is 2.95. The number of hydrogen-bond acceptors (Lipinski definition) is 2. The zero-order valence-corrected chi connectivity index (χ0v) is 6.62. The molecule has 1 aliphatic rings. The maximum atomic E-state index is 12.2. The highest BCUT2D eigenvalue weighted by Gasteiger charge is 2.38. The molecule has 1 rings (SSSR count). The van der Waals surface area contributed by atoms with Crippen molar-refractivity contribution in [3.63, 3.8) is 0 Å². The van der Waals surface area contributed by atoms with Gasteiger partial charge in [0, 0.05) is 0 Å². The predicted octanol–water partition coefficient (Wildman–Crippen LogP) is 1.43. The summed E-state index contributed by atoms with van der Waals surface area (Å²) in [6.45, 7) is 0. The highest BCUT2D eigenvalue weighted by atomic mass is 19.3. The zero-order valence-electron chi connectivity index (χ0n) is 6.62. The molecular weight excluding hydrogens is 189 g/mol. The number of halogens is 3. The van der Waals surface area contributed by atoms with Crippen LogP contribution in [0.1, 0.15) is 12.8 Å². The summed E-state index contributed by atoms with van der Waals surface area (Å²) in [5.41, 5.74) is 0. The van der Waals surface area contributed by atoms with Crippen LogP contribution in [0.25, 0.3) is 0 Å². The first-order chi connectivity index (χ1) is 6.00. The fourth-order valence-electron chi connectivity index (χ4n) is 1.12. The number of carboxylic acid groups (broad SMARTS) is 1. The highest BCUT2D eigenvalue weighted by Crippen LogP contribution is 2.31. The average Bonchev–Trinajstić information content (AvgIpc) is 1.94. The number of aliphatic carboxylic acids is 1. The van der Waals surface area contributed by atoms with Crippen molar-refractivity contribution in [1.29, 1.82) is 0 Å². The Morgan fingerprint density at radius 3 is 2.31 bits per heavy atom. The SMILES string of the molecule is O=C(O)C1CC(OC(F)C(F)F)C1. The van der Waals surface area contributed by atoms with Crippen molar-refractivity contribution in [2.24, 2.45) is 5.92 Å². The minimum Gasteiger partial charge on any atom is -0.481 e. The van der Waals surface area contributed by atoms with Crippen molar-refractivity contribution in [2.75, 3.05) is 0 Å². The van der Waals surface area contributed by atoms with Gasteiger partial charge in [0.2, 0.25) is 0 Å². The van der Waals surface area contributed by atoms with Crippen LogP contribution in [0.4, 0.5) is 13.2 Å². The largest absolute Gasteiger partial charge is 0.481 e. The van der Waals surface area contributed by atoms with E-state index in [0.717, 1.165) is 0 Å². The normalized spacial score (nSPS) is 29.8. The number of carbonyl (C=O) groups is 1. The van der Waals surface area contributed by atoms with Crippen molar-refractivity contribution in [3.8, 4) is 0 Å². The maximum absolute atomic E-state index is 12.2. The highest BCUT2D eigenvalue weighted by molar-refractivity contribution is 5.71. The van der Waals surface area contributed by atoms with Gasteiger partial charge in [-0.3, -0.25) is 4.79 Å². The van der Waals surface area contributed by atoms with E-state index < -0.39 is 30.8 Å². The molecule has 0 spiro atoms. The van der Waals surface area contributed by atoms with Crippen LogP contribution < -0.4 is 0 Å². The minimum absolute atomic E-state index is 0.114. The van der Waals surface area contributed by atoms with Crippen LogP contribution in [0.5, 0.6) is 0 Å². The molecule has 76 valence electrons. The van der Waals surface area contributed by atoms with E-state index in [0.29, 0.717) is 0 Å². The van der Waals surface area contributed by atoms with Crippen molar-refractivity contribution >= 4 is 5.97 Å². The summed E-state index contributed by atoms with van der Waals surface area (Å²) in [4.78, 5) is 10.2. The zero-order chi connectivity index (χ0) is 10.0. The first kappa shape index (κ1) is 10.3. The second kappa shape index (κ2) is 3.95. The number of alkyl halides is 3. The number of rotatable bonds is 4. The standard InChI is InChI=1S/C7H9F3O3/c8-5(9)6(10)13-4-1-3(2-4)7(11)12/h3-6H,1-2H2,(H,11,12). The molecule has 0 aromatic carbocycles. The Morgan fingerprint density at radius 1 is 1.38 bits per heavy atom. The van der Waals surface area contributed by atoms with E-state index in [1.165, 1.54) is 0 Å². The van der Waals surface area contributed by atoms with E-state index in [2.05, 4.69) is 4.74 Å². The minimum atomic E-state index is -3.16. The van der Waals surface area contributed by atoms with Crippen LogP contribution in [0.15, 0.2) is 0 Å². The molecule has 1 fully saturated rings. The quantitative estimate of drug-likeness (QED) is 0.743. The van der Waals surface area contributed by atoms with E-state index in [1.807, 2.05) is 0 Å². The number of hydrogen-bond donors (Lipinski definition) is 1. The van der Waals surface area contributed by atoms with Gasteiger partial charge in [0.05, 0.1) is 12.0 Å². The van der Waals surface area contributed by atoms with Crippen molar-refractivity contribution in [3.05, 3.63) is 0 Å². The summed E-state index contributed by atoms with van der Waals surface area (Å²) in [5.74, 6) is -1.57. The molecular formula is C7H9F3O3. The molecule has 0 radical (unpaired) electrons. The van der Waals surface area contributed by atoms with Crippen LogP contribution >= 0.6 is 0 Å². The van der Waals surface area contributed by atoms with E-state index in [4.69, 9.17) is 5.11 Å². The fourth-order valence-corrected chi connectivity index (χ4v) is 1.12. The molecule has 0 saturated heterocycles. The lowest BCUT2D eigenvalue weighted by atomic mass is 9.82. The van der Waals surface area contributed by atoms with Gasteiger partial charge >= 0.3 is 5.97 Å². The monoisotopic (exact) mass is 198 g/mol. The maximum Gasteiger partial charge on any atom is 0.306 e. The van der Waals surface area contributed by atoms with Crippen LogP contribution in [0.2, 0.25) is 0 Å². The van der Waals surface area contributed by atoms with E-state index >= 15 is 0 Å². The average molecular weight is 198 g/mol. The van der Waals surface area contributed by atoms with Crippen LogP contribution in [-0.2, 0) is 9.53 Å². The summed E-state index contributed by atoms with van der Waals surface area (Å²) < 4.78 is 39.6. The fraction of sp³-hybridized carbons (Fsp3) is 0.857. The van der Waals surface area contributed by atoms with Gasteiger partial charge < -0.3 is 9.84 Å². The molecule has 0 heterocycles. The molecule has 1 N–H and O–H groups in total. The molecule has 0 bridgehead atoms. The number of ether oxygens (including phenoxy) is 1. The Hall–Kier alpha value is -0.780. The third-order valence-electron chi connectivity index (χ3n) is 1.96. The van der Waals surface area contributed by atoms with Gasteiger partial charge in [0.1, 0.15) is 0 Å². The first-order valence-corrected chi connectivity index (χ1v) is 3.81. The van der Waals surface area contributed by atoms with Gasteiger partial charge in [0.25, 0.3) is 12.8 Å². The Balaban J connectivity index is 2.18. The number of carboxylic acids is 1. The van der Waals surface area contributed by atoms with Gasteiger partial charge in [-0.1, -0.05) is 0 Å². The van der Waals surface area contributed by atoms with Crippen LogP contribution in [0.3, 0.4) is 0 Å². The molecule has 6 heteroatoms. The third-order valence-corrected chi connectivity index (χ3v) is 1.96. The topological polar surface area (TPSA) is 46.5 Å². The van der Waals surface area contributed by atoms with Gasteiger partial charge in [-0.25, -0.2) is 13.2 Å². The lowest BCUT2D eigenvalue weighted by Crippen LogP contribution is -2.39. The summed E-state index contributed by atoms with van der Waals surface area (Å²) in [6, 6.07) is 0. The molecule has 13 heavy (non-hydrogen) atoms. The smallest absolute Gasteiger partial charge is 0.306 e. The van der Waals surface area contributed by atoms with Gasteiger partial charge in [0.15, 0.2) is 0 Å². The Bertz CT molecular complexity index is 191. The molecule has 1 unspecified atom stereocenters. The Kier molecular flexibility index (Phi) is 3.13. The van der Waals surface area contributed by atoms with Crippen molar-refractivity contribution in [2.45, 2.75) is 31.7 Å². The molecule has 0 aromatic rings. The molecule has 1 atom stereocenters. The molecule has 0 amide bonds. The van der Waals surface area contributed by atoms with Crippen LogP contribution in [0, 0.1) is 5.92 Å².